The van der Waals surface area contributed by atoms with Gasteiger partial charge in [-0.15, -0.1) is 11.8 Å². The third-order valence-corrected chi connectivity index (χ3v) is 3.40. The van der Waals surface area contributed by atoms with Crippen LogP contribution in [-0.4, -0.2) is 34.6 Å². The smallest absolute Gasteiger partial charge is 0.232 e. The molecule has 0 aromatic carbocycles. The van der Waals surface area contributed by atoms with Gasteiger partial charge in [-0.25, -0.2) is 0 Å². The first kappa shape index (κ1) is 12.8. The van der Waals surface area contributed by atoms with Crippen LogP contribution in [0.4, 0.5) is 5.69 Å². The van der Waals surface area contributed by atoms with Gasteiger partial charge in [0, 0.05) is 24.2 Å². The lowest BCUT2D eigenvalue weighted by atomic mass is 10.3. The summed E-state index contributed by atoms with van der Waals surface area (Å²) in [5.41, 5.74) is 6.35. The molecule has 0 fully saturated rings. The monoisotopic (exact) mass is 239 g/mol. The summed E-state index contributed by atoms with van der Waals surface area (Å²) in [6.45, 7) is 3.98. The molecule has 0 aliphatic carbocycles. The molecule has 88 valence electrons. The molecule has 1 rings (SSSR count). The van der Waals surface area contributed by atoms with Crippen LogP contribution in [0.1, 0.15) is 13.8 Å². The van der Waals surface area contributed by atoms with E-state index >= 15 is 0 Å². The van der Waals surface area contributed by atoms with Crippen LogP contribution in [0, 0.1) is 0 Å². The average Bonchev–Trinajstić information content (AvgIpc) is 2.26. The number of aromatic nitrogens is 1. The Hall–Kier alpha value is -1.23. The summed E-state index contributed by atoms with van der Waals surface area (Å²) in [5, 5.41) is 0. The van der Waals surface area contributed by atoms with E-state index in [1.165, 1.54) is 11.8 Å². The molecule has 1 amide bonds. The van der Waals surface area contributed by atoms with E-state index in [1.807, 2.05) is 27.0 Å². The second-order valence-electron chi connectivity index (χ2n) is 3.80. The summed E-state index contributed by atoms with van der Waals surface area (Å²) < 4.78 is 0. The molecule has 4 nitrogen and oxygen atoms in total. The fourth-order valence-electron chi connectivity index (χ4n) is 1.05. The van der Waals surface area contributed by atoms with Crippen molar-refractivity contribution < 1.29 is 4.79 Å². The maximum atomic E-state index is 11.7. The summed E-state index contributed by atoms with van der Waals surface area (Å²) in [6.07, 6.45) is 3.27. The van der Waals surface area contributed by atoms with E-state index in [0.717, 1.165) is 4.90 Å². The number of thioether (sulfide) groups is 1. The molecule has 0 saturated heterocycles. The zero-order valence-corrected chi connectivity index (χ0v) is 10.6. The van der Waals surface area contributed by atoms with Crippen LogP contribution in [0.25, 0.3) is 0 Å². The van der Waals surface area contributed by atoms with Crippen LogP contribution in [0.5, 0.6) is 0 Å². The lowest BCUT2D eigenvalue weighted by molar-refractivity contribution is -0.128. The van der Waals surface area contributed by atoms with E-state index in [1.54, 1.807) is 17.3 Å². The number of pyridine rings is 1. The van der Waals surface area contributed by atoms with Gasteiger partial charge in [-0.3, -0.25) is 9.78 Å². The van der Waals surface area contributed by atoms with Crippen LogP contribution in [0.2, 0.25) is 0 Å². The number of carbonyl (C=O) groups excluding carboxylic acids is 1. The lowest BCUT2D eigenvalue weighted by Gasteiger charge is -2.21. The first-order chi connectivity index (χ1) is 7.52. The Morgan fingerprint density at radius 2 is 2.31 bits per heavy atom. The Morgan fingerprint density at radius 1 is 1.62 bits per heavy atom. The SMILES string of the molecule is CC(C)N(C)C(=O)CSc1ccncc1N. The van der Waals surface area contributed by atoms with Gasteiger partial charge in [0.05, 0.1) is 17.6 Å². The molecule has 0 unspecified atom stereocenters. The summed E-state index contributed by atoms with van der Waals surface area (Å²) in [5.74, 6) is 0.513. The summed E-state index contributed by atoms with van der Waals surface area (Å²) in [6, 6.07) is 2.05. The van der Waals surface area contributed by atoms with Crippen LogP contribution in [-0.2, 0) is 4.79 Å². The highest BCUT2D eigenvalue weighted by Crippen LogP contribution is 2.23. The summed E-state index contributed by atoms with van der Waals surface area (Å²) >= 11 is 1.44. The van der Waals surface area contributed by atoms with Gasteiger partial charge in [-0.1, -0.05) is 0 Å². The predicted octanol–water partition coefficient (Wildman–Crippen LogP) is 1.62. The van der Waals surface area contributed by atoms with Crippen LogP contribution in [0.15, 0.2) is 23.4 Å². The number of nitrogens with two attached hydrogens (primary N) is 1. The second kappa shape index (κ2) is 5.75. The third kappa shape index (κ3) is 3.41. The first-order valence-electron chi connectivity index (χ1n) is 5.10. The minimum atomic E-state index is 0.108. The molecule has 2 N–H and O–H groups in total. The van der Waals surface area contributed by atoms with Crippen LogP contribution in [0.3, 0.4) is 0 Å². The molecule has 0 atom stereocenters. The maximum Gasteiger partial charge on any atom is 0.232 e. The fourth-order valence-corrected chi connectivity index (χ4v) is 1.91. The largest absolute Gasteiger partial charge is 0.397 e. The maximum absolute atomic E-state index is 11.7. The molecule has 0 radical (unpaired) electrons. The summed E-state index contributed by atoms with van der Waals surface area (Å²) in [7, 11) is 1.81. The van der Waals surface area contributed by atoms with E-state index in [4.69, 9.17) is 5.73 Å². The van der Waals surface area contributed by atoms with E-state index in [2.05, 4.69) is 4.98 Å². The van der Waals surface area contributed by atoms with Crippen molar-refractivity contribution in [1.82, 2.24) is 9.88 Å². The number of amides is 1. The Bertz CT molecular complexity index is 368. The van der Waals surface area contributed by atoms with Crippen molar-refractivity contribution in [3.8, 4) is 0 Å². The zero-order chi connectivity index (χ0) is 12.1. The van der Waals surface area contributed by atoms with Gasteiger partial charge in [-0.2, -0.15) is 0 Å². The highest BCUT2D eigenvalue weighted by molar-refractivity contribution is 8.00. The van der Waals surface area contributed by atoms with Crippen LogP contribution >= 0.6 is 11.8 Å². The van der Waals surface area contributed by atoms with E-state index in [-0.39, 0.29) is 11.9 Å². The average molecular weight is 239 g/mol. The van der Waals surface area contributed by atoms with Gasteiger partial charge in [0.1, 0.15) is 0 Å². The van der Waals surface area contributed by atoms with Gasteiger partial charge in [-0.05, 0) is 19.9 Å². The number of nitrogen functional groups attached to an aromatic ring is 1. The van der Waals surface area contributed by atoms with Crippen molar-refractivity contribution in [3.05, 3.63) is 18.5 Å². The fraction of sp³-hybridized carbons (Fsp3) is 0.455. The zero-order valence-electron chi connectivity index (χ0n) is 9.80. The topological polar surface area (TPSA) is 59.2 Å². The number of carbonyl (C=O) groups is 1. The van der Waals surface area contributed by atoms with E-state index < -0.39 is 0 Å². The highest BCUT2D eigenvalue weighted by atomic mass is 32.2. The van der Waals surface area contributed by atoms with Crippen LogP contribution < -0.4 is 5.73 Å². The number of rotatable bonds is 4. The first-order valence-corrected chi connectivity index (χ1v) is 6.09. The molecule has 5 heteroatoms. The van der Waals surface area contributed by atoms with Gasteiger partial charge >= 0.3 is 0 Å². The quantitative estimate of drug-likeness (QED) is 0.811. The molecule has 16 heavy (non-hydrogen) atoms. The minimum Gasteiger partial charge on any atom is -0.397 e. The van der Waals surface area contributed by atoms with Crippen molar-refractivity contribution in [2.45, 2.75) is 24.8 Å². The van der Waals surface area contributed by atoms with Gasteiger partial charge in [0.25, 0.3) is 0 Å². The molecule has 0 aliphatic heterocycles. The van der Waals surface area contributed by atoms with Crippen molar-refractivity contribution in [2.24, 2.45) is 0 Å². The Morgan fingerprint density at radius 3 is 2.88 bits per heavy atom. The molecule has 1 aromatic heterocycles. The molecular formula is C11H17N3OS. The standard InChI is InChI=1S/C11H17N3OS/c1-8(2)14(3)11(15)7-16-10-4-5-13-6-9(10)12/h4-6,8H,7,12H2,1-3H3. The van der Waals surface area contributed by atoms with Crippen molar-refractivity contribution in [1.29, 1.82) is 0 Å². The number of hydrogen-bond donors (Lipinski definition) is 1. The molecule has 0 aliphatic rings. The number of hydrogen-bond acceptors (Lipinski definition) is 4. The van der Waals surface area contributed by atoms with Gasteiger partial charge < -0.3 is 10.6 Å². The number of nitrogens with zero attached hydrogens (tertiary/aromatic N) is 2. The van der Waals surface area contributed by atoms with Gasteiger partial charge in [0.15, 0.2) is 0 Å². The molecule has 0 spiro atoms. The number of anilines is 1. The molecule has 0 bridgehead atoms. The van der Waals surface area contributed by atoms with Crippen molar-refractivity contribution in [2.75, 3.05) is 18.5 Å². The highest BCUT2D eigenvalue weighted by Gasteiger charge is 2.12. The van der Waals surface area contributed by atoms with Gasteiger partial charge in [0.2, 0.25) is 5.91 Å². The molecule has 1 aromatic rings. The molecule has 1 heterocycles. The normalized spacial score (nSPS) is 10.5. The van der Waals surface area contributed by atoms with Crippen molar-refractivity contribution >= 4 is 23.4 Å². The second-order valence-corrected chi connectivity index (χ2v) is 4.82. The molecule has 0 saturated carbocycles. The Balaban J connectivity index is 2.52. The van der Waals surface area contributed by atoms with E-state index in [0.29, 0.717) is 11.4 Å². The third-order valence-electron chi connectivity index (χ3n) is 2.33. The predicted molar refractivity (Wildman–Crippen MR) is 67.3 cm³/mol. The van der Waals surface area contributed by atoms with E-state index in [9.17, 15) is 4.79 Å². The summed E-state index contributed by atoms with van der Waals surface area (Å²) in [4.78, 5) is 18.2. The lowest BCUT2D eigenvalue weighted by Crippen LogP contribution is -2.34. The molecular weight excluding hydrogens is 222 g/mol. The minimum absolute atomic E-state index is 0.108. The Labute approximate surface area is 100 Å². The van der Waals surface area contributed by atoms with Crippen molar-refractivity contribution in [3.63, 3.8) is 0 Å². The Kier molecular flexibility index (Phi) is 4.61.